The van der Waals surface area contributed by atoms with Crippen molar-refractivity contribution in [3.63, 3.8) is 0 Å². The minimum atomic E-state index is -3.48. The predicted molar refractivity (Wildman–Crippen MR) is 143 cm³/mol. The molecule has 2 heterocycles. The molecule has 0 atom stereocenters. The van der Waals surface area contributed by atoms with Crippen molar-refractivity contribution in [2.45, 2.75) is 43.1 Å². The maximum absolute atomic E-state index is 13.3. The molecule has 0 spiro atoms. The molecular weight excluding hydrogens is 532 g/mol. The van der Waals surface area contributed by atoms with Crippen LogP contribution in [0, 0.1) is 0 Å². The molecule has 1 aromatic carbocycles. The fourth-order valence-corrected chi connectivity index (χ4v) is 6.03. The monoisotopic (exact) mass is 562 g/mol. The van der Waals surface area contributed by atoms with E-state index in [9.17, 15) is 13.2 Å². The summed E-state index contributed by atoms with van der Waals surface area (Å²) in [5.41, 5.74) is 1.00. The van der Waals surface area contributed by atoms with E-state index in [2.05, 4.69) is 20.4 Å². The molecule has 38 heavy (non-hydrogen) atoms. The number of thiazole rings is 1. The number of sulfone groups is 1. The van der Waals surface area contributed by atoms with E-state index in [1.54, 1.807) is 24.3 Å². The number of benzene rings is 1. The van der Waals surface area contributed by atoms with E-state index in [1.165, 1.54) is 19.2 Å². The van der Waals surface area contributed by atoms with Gasteiger partial charge in [0.25, 0.3) is 5.91 Å². The van der Waals surface area contributed by atoms with Crippen molar-refractivity contribution >= 4 is 48.3 Å². The lowest BCUT2D eigenvalue weighted by molar-refractivity contribution is -0.110. The molecule has 204 valence electrons. The molecule has 0 radical (unpaired) electrons. The summed E-state index contributed by atoms with van der Waals surface area (Å²) in [6.07, 6.45) is 4.13. The first-order valence-electron chi connectivity index (χ1n) is 12.3. The number of pyridine rings is 1. The number of oxime groups is 1. The second-order valence-electron chi connectivity index (χ2n) is 8.66. The molecule has 1 fully saturated rings. The lowest BCUT2D eigenvalue weighted by Gasteiger charge is -2.11. The zero-order valence-electron chi connectivity index (χ0n) is 21.0. The number of hydrogen-bond donors (Lipinski definition) is 2. The van der Waals surface area contributed by atoms with Crippen LogP contribution in [-0.4, -0.2) is 73.9 Å². The summed E-state index contributed by atoms with van der Waals surface area (Å²) >= 11 is 1.16. The normalized spacial score (nSPS) is 14.6. The van der Waals surface area contributed by atoms with Crippen LogP contribution in [0.15, 0.2) is 46.4 Å². The molecule has 1 aliphatic rings. The maximum Gasteiger partial charge on any atom is 0.280 e. The van der Waals surface area contributed by atoms with Gasteiger partial charge in [-0.1, -0.05) is 28.6 Å². The van der Waals surface area contributed by atoms with E-state index < -0.39 is 15.7 Å². The van der Waals surface area contributed by atoms with Gasteiger partial charge in [0.05, 0.1) is 17.3 Å². The van der Waals surface area contributed by atoms with Gasteiger partial charge in [-0.05, 0) is 50.3 Å². The zero-order valence-corrected chi connectivity index (χ0v) is 22.6. The van der Waals surface area contributed by atoms with Crippen LogP contribution in [0.5, 0.6) is 5.88 Å². The lowest BCUT2D eigenvalue weighted by atomic mass is 10.1. The van der Waals surface area contributed by atoms with Crippen LogP contribution in [0.2, 0.25) is 0 Å². The molecule has 0 aliphatic heterocycles. The van der Waals surface area contributed by atoms with Crippen LogP contribution in [0.25, 0.3) is 10.3 Å². The number of hydrogen-bond acceptors (Lipinski definition) is 11. The first kappa shape index (κ1) is 27.9. The van der Waals surface area contributed by atoms with E-state index in [0.717, 1.165) is 37.0 Å². The Morgan fingerprint density at radius 1 is 1.13 bits per heavy atom. The number of amides is 1. The fourth-order valence-electron chi connectivity index (χ4n) is 3.92. The Hall–Kier alpha value is -3.13. The van der Waals surface area contributed by atoms with Crippen LogP contribution in [0.1, 0.15) is 37.7 Å². The van der Waals surface area contributed by atoms with Crippen molar-refractivity contribution in [2.24, 2.45) is 5.16 Å². The first-order valence-corrected chi connectivity index (χ1v) is 14.7. The Morgan fingerprint density at radius 2 is 1.89 bits per heavy atom. The standard InChI is InChI=1S/C25H30N4O7S2/c1-34-14-4-16-38(32,33)19-9-7-17(8-10-19)22(29-36-18-5-2-3-6-18)23(31)28-25-26-20-11-12-21(35-15-13-30)27-24(20)37-25/h7-12,18,30H,2-6,13-16H2,1H3,(H,26,28,31). The second-order valence-corrected chi connectivity index (χ2v) is 11.7. The summed E-state index contributed by atoms with van der Waals surface area (Å²) in [7, 11) is -1.96. The average Bonchev–Trinajstić information content (AvgIpc) is 3.57. The van der Waals surface area contributed by atoms with Crippen LogP contribution >= 0.6 is 11.3 Å². The van der Waals surface area contributed by atoms with Gasteiger partial charge in [-0.25, -0.2) is 18.4 Å². The van der Waals surface area contributed by atoms with Gasteiger partial charge in [0.15, 0.2) is 20.7 Å². The number of nitrogens with one attached hydrogen (secondary N) is 1. The highest BCUT2D eigenvalue weighted by Gasteiger charge is 2.22. The van der Waals surface area contributed by atoms with Gasteiger partial charge in [-0.15, -0.1) is 0 Å². The highest BCUT2D eigenvalue weighted by Crippen LogP contribution is 2.27. The number of aliphatic hydroxyl groups excluding tert-OH is 1. The number of carbonyl (C=O) groups is 1. The van der Waals surface area contributed by atoms with Gasteiger partial charge >= 0.3 is 0 Å². The Bertz CT molecular complexity index is 1370. The Kier molecular flexibility index (Phi) is 9.61. The second kappa shape index (κ2) is 13.1. The summed E-state index contributed by atoms with van der Waals surface area (Å²) in [6.45, 7) is 0.343. The summed E-state index contributed by atoms with van der Waals surface area (Å²) < 4.78 is 35.5. The number of carbonyl (C=O) groups excluding carboxylic acids is 1. The van der Waals surface area contributed by atoms with Crippen molar-refractivity contribution < 1.29 is 32.6 Å². The molecule has 11 nitrogen and oxygen atoms in total. The number of ether oxygens (including phenoxy) is 2. The molecule has 4 rings (SSSR count). The van der Waals surface area contributed by atoms with E-state index in [-0.39, 0.29) is 35.7 Å². The number of rotatable bonds is 13. The number of anilines is 1. The molecule has 2 aromatic heterocycles. The fraction of sp³-hybridized carbons (Fsp3) is 0.440. The zero-order chi connectivity index (χ0) is 27.0. The number of aliphatic hydroxyl groups is 1. The summed E-state index contributed by atoms with van der Waals surface area (Å²) in [5, 5.41) is 16.2. The summed E-state index contributed by atoms with van der Waals surface area (Å²) in [6, 6.07) is 9.37. The maximum atomic E-state index is 13.3. The smallest absolute Gasteiger partial charge is 0.280 e. The molecule has 0 bridgehead atoms. The van der Waals surface area contributed by atoms with Gasteiger partial charge in [-0.3, -0.25) is 10.1 Å². The van der Waals surface area contributed by atoms with Gasteiger partial charge < -0.3 is 19.4 Å². The van der Waals surface area contributed by atoms with Gasteiger partial charge in [0, 0.05) is 25.3 Å². The topological polar surface area (TPSA) is 149 Å². The van der Waals surface area contributed by atoms with Crippen LogP contribution < -0.4 is 10.1 Å². The quantitative estimate of drug-likeness (QED) is 0.182. The minimum Gasteiger partial charge on any atom is -0.475 e. The van der Waals surface area contributed by atoms with Gasteiger partial charge in [0.1, 0.15) is 23.1 Å². The molecule has 1 amide bonds. The van der Waals surface area contributed by atoms with E-state index in [4.69, 9.17) is 19.4 Å². The molecule has 2 N–H and O–H groups in total. The van der Waals surface area contributed by atoms with Crippen molar-refractivity contribution in [3.05, 3.63) is 42.0 Å². The number of aromatic nitrogens is 2. The van der Waals surface area contributed by atoms with Crippen molar-refractivity contribution in [1.29, 1.82) is 0 Å². The highest BCUT2D eigenvalue weighted by molar-refractivity contribution is 7.91. The van der Waals surface area contributed by atoms with Gasteiger partial charge in [-0.2, -0.15) is 0 Å². The number of methoxy groups -OCH3 is 1. The number of nitrogens with zero attached hydrogens (tertiary/aromatic N) is 3. The summed E-state index contributed by atoms with van der Waals surface area (Å²) in [5.74, 6) is -0.239. The Morgan fingerprint density at radius 3 is 2.61 bits per heavy atom. The van der Waals surface area contributed by atoms with Crippen LogP contribution in [0.4, 0.5) is 5.13 Å². The molecule has 0 saturated heterocycles. The van der Waals surface area contributed by atoms with E-state index in [1.807, 2.05) is 0 Å². The third kappa shape index (κ3) is 7.25. The number of fused-ring (bicyclic) bond motifs is 1. The minimum absolute atomic E-state index is 0.0133. The van der Waals surface area contributed by atoms with Gasteiger partial charge in [0.2, 0.25) is 5.88 Å². The Labute approximate surface area is 224 Å². The molecule has 3 aromatic rings. The van der Waals surface area contributed by atoms with Crippen LogP contribution in [0.3, 0.4) is 0 Å². The van der Waals surface area contributed by atoms with E-state index in [0.29, 0.717) is 39.9 Å². The summed E-state index contributed by atoms with van der Waals surface area (Å²) in [4.78, 5) is 28.4. The first-order chi connectivity index (χ1) is 18.4. The molecule has 13 heteroatoms. The third-order valence-corrected chi connectivity index (χ3v) is 8.55. The molecular formula is C25H30N4O7S2. The van der Waals surface area contributed by atoms with Crippen LogP contribution in [-0.2, 0) is 24.2 Å². The average molecular weight is 563 g/mol. The SMILES string of the molecule is COCCCS(=O)(=O)c1ccc(C(=NOC2CCCC2)C(=O)Nc2nc3ccc(OCCO)nc3s2)cc1. The van der Waals surface area contributed by atoms with Crippen molar-refractivity contribution in [2.75, 3.05) is 38.0 Å². The highest BCUT2D eigenvalue weighted by atomic mass is 32.2. The van der Waals surface area contributed by atoms with E-state index >= 15 is 0 Å². The predicted octanol–water partition coefficient (Wildman–Crippen LogP) is 3.17. The van der Waals surface area contributed by atoms with Crippen molar-refractivity contribution in [3.8, 4) is 5.88 Å². The third-order valence-electron chi connectivity index (χ3n) is 5.85. The largest absolute Gasteiger partial charge is 0.475 e. The molecule has 1 saturated carbocycles. The Balaban J connectivity index is 1.54. The molecule has 1 aliphatic carbocycles. The van der Waals surface area contributed by atoms with Crippen molar-refractivity contribution in [1.82, 2.24) is 9.97 Å². The molecule has 0 unspecified atom stereocenters. The lowest BCUT2D eigenvalue weighted by Crippen LogP contribution is -2.25.